The molecule has 0 spiro atoms. The molecule has 2 unspecified atom stereocenters. The van der Waals surface area contributed by atoms with Gasteiger partial charge in [0.05, 0.1) is 5.02 Å². The molecule has 2 aliphatic rings. The van der Waals surface area contributed by atoms with E-state index in [0.29, 0.717) is 23.7 Å². The Morgan fingerprint density at radius 3 is 2.50 bits per heavy atom. The topological polar surface area (TPSA) is 62.7 Å². The Balaban J connectivity index is 1.69. The largest absolute Gasteiger partial charge is 0.474 e. The van der Waals surface area contributed by atoms with Crippen molar-refractivity contribution < 1.29 is 14.6 Å². The van der Waals surface area contributed by atoms with Crippen LogP contribution in [-0.4, -0.2) is 39.3 Å². The molecule has 0 aliphatic carbocycles. The van der Waals surface area contributed by atoms with Crippen LogP contribution in [0.2, 0.25) is 10.2 Å². The van der Waals surface area contributed by atoms with Crippen LogP contribution in [0.4, 0.5) is 4.79 Å². The fourth-order valence-electron chi connectivity index (χ4n) is 3.17. The third-order valence-corrected chi connectivity index (χ3v) is 4.67. The van der Waals surface area contributed by atoms with E-state index in [0.717, 1.165) is 12.8 Å². The lowest BCUT2D eigenvalue weighted by atomic mass is 10.0. The van der Waals surface area contributed by atoms with E-state index >= 15 is 0 Å². The summed E-state index contributed by atoms with van der Waals surface area (Å²) in [6, 6.07) is 3.44. The minimum absolute atomic E-state index is 0.0205. The lowest BCUT2D eigenvalue weighted by Crippen LogP contribution is -2.48. The van der Waals surface area contributed by atoms with Crippen molar-refractivity contribution in [2.75, 3.05) is 0 Å². The second-order valence-corrected chi connectivity index (χ2v) is 5.97. The standard InChI is InChI=1S/C13H14Cl2N2O3/c14-10-3-4-11(16-12(10)15)20-9-5-7-1-2-8(6-9)17(7)13(18)19/h3-4,7-9H,1-2,5-6H2,(H,18,19). The Kier molecular flexibility index (Phi) is 3.65. The molecule has 20 heavy (non-hydrogen) atoms. The third kappa shape index (κ3) is 2.52. The van der Waals surface area contributed by atoms with Gasteiger partial charge < -0.3 is 14.7 Å². The molecule has 1 aromatic rings. The number of hydrogen-bond donors (Lipinski definition) is 1. The molecule has 2 fully saturated rings. The Hall–Kier alpha value is -1.20. The number of carboxylic acid groups (broad SMARTS) is 1. The number of amides is 1. The predicted octanol–water partition coefficient (Wildman–Crippen LogP) is 3.44. The van der Waals surface area contributed by atoms with Gasteiger partial charge in [0.25, 0.3) is 0 Å². The minimum atomic E-state index is -0.830. The van der Waals surface area contributed by atoms with Crippen LogP contribution in [0.25, 0.3) is 0 Å². The molecule has 2 bridgehead atoms. The van der Waals surface area contributed by atoms with Crippen molar-refractivity contribution in [2.45, 2.75) is 43.9 Å². The monoisotopic (exact) mass is 316 g/mol. The van der Waals surface area contributed by atoms with E-state index in [4.69, 9.17) is 27.9 Å². The van der Waals surface area contributed by atoms with Crippen LogP contribution >= 0.6 is 23.2 Å². The number of aromatic nitrogens is 1. The van der Waals surface area contributed by atoms with Crippen molar-refractivity contribution in [2.24, 2.45) is 0 Å². The number of hydrogen-bond acceptors (Lipinski definition) is 3. The van der Waals surface area contributed by atoms with E-state index in [9.17, 15) is 9.90 Å². The second-order valence-electron chi connectivity index (χ2n) is 5.21. The van der Waals surface area contributed by atoms with Crippen LogP contribution < -0.4 is 4.74 Å². The maximum atomic E-state index is 11.2. The summed E-state index contributed by atoms with van der Waals surface area (Å²) in [5.41, 5.74) is 0. The van der Waals surface area contributed by atoms with Crippen molar-refractivity contribution in [3.05, 3.63) is 22.3 Å². The summed E-state index contributed by atoms with van der Waals surface area (Å²) in [5.74, 6) is 0.438. The van der Waals surface area contributed by atoms with E-state index in [-0.39, 0.29) is 23.3 Å². The minimum Gasteiger partial charge on any atom is -0.474 e. The molecule has 1 aromatic heterocycles. The number of rotatable bonds is 2. The maximum Gasteiger partial charge on any atom is 0.407 e. The molecule has 108 valence electrons. The van der Waals surface area contributed by atoms with Gasteiger partial charge in [-0.3, -0.25) is 0 Å². The first-order valence-electron chi connectivity index (χ1n) is 6.54. The van der Waals surface area contributed by atoms with E-state index in [1.165, 1.54) is 0 Å². The van der Waals surface area contributed by atoms with Gasteiger partial charge in [-0.05, 0) is 18.9 Å². The van der Waals surface area contributed by atoms with Crippen molar-refractivity contribution >= 4 is 29.3 Å². The number of nitrogens with zero attached hydrogens (tertiary/aromatic N) is 2. The molecular weight excluding hydrogens is 303 g/mol. The van der Waals surface area contributed by atoms with Crippen molar-refractivity contribution in [3.63, 3.8) is 0 Å². The molecule has 0 aromatic carbocycles. The zero-order valence-electron chi connectivity index (χ0n) is 10.6. The van der Waals surface area contributed by atoms with E-state index in [1.54, 1.807) is 17.0 Å². The highest BCUT2D eigenvalue weighted by Gasteiger charge is 2.44. The number of fused-ring (bicyclic) bond motifs is 2. The highest BCUT2D eigenvalue weighted by Crippen LogP contribution is 2.37. The first-order chi connectivity index (χ1) is 9.54. The highest BCUT2D eigenvalue weighted by atomic mass is 35.5. The number of ether oxygens (including phenoxy) is 1. The number of halogens is 2. The molecule has 1 amide bonds. The number of pyridine rings is 1. The van der Waals surface area contributed by atoms with Gasteiger partial charge in [-0.25, -0.2) is 4.79 Å². The molecular formula is C13H14Cl2N2O3. The van der Waals surface area contributed by atoms with Gasteiger partial charge >= 0.3 is 6.09 Å². The molecule has 0 saturated carbocycles. The fraction of sp³-hybridized carbons (Fsp3) is 0.538. The van der Waals surface area contributed by atoms with Crippen LogP contribution in [0, 0.1) is 0 Å². The molecule has 2 aliphatic heterocycles. The van der Waals surface area contributed by atoms with Gasteiger partial charge in [-0.15, -0.1) is 0 Å². The lowest BCUT2D eigenvalue weighted by Gasteiger charge is -2.36. The molecule has 2 saturated heterocycles. The summed E-state index contributed by atoms with van der Waals surface area (Å²) in [7, 11) is 0. The third-order valence-electron chi connectivity index (χ3n) is 3.98. The molecule has 0 radical (unpaired) electrons. The van der Waals surface area contributed by atoms with E-state index < -0.39 is 6.09 Å². The summed E-state index contributed by atoms with van der Waals surface area (Å²) in [6.45, 7) is 0. The summed E-state index contributed by atoms with van der Waals surface area (Å²) in [6.07, 6.45) is 2.36. The Morgan fingerprint density at radius 2 is 1.95 bits per heavy atom. The smallest absolute Gasteiger partial charge is 0.407 e. The van der Waals surface area contributed by atoms with Crippen molar-refractivity contribution in [3.8, 4) is 5.88 Å². The van der Waals surface area contributed by atoms with Crippen LogP contribution in [0.5, 0.6) is 5.88 Å². The zero-order valence-corrected chi connectivity index (χ0v) is 12.1. The predicted molar refractivity (Wildman–Crippen MR) is 74.6 cm³/mol. The number of carbonyl (C=O) groups is 1. The van der Waals surface area contributed by atoms with E-state index in [2.05, 4.69) is 4.98 Å². The maximum absolute atomic E-state index is 11.2. The van der Waals surface area contributed by atoms with Gasteiger partial charge in [-0.1, -0.05) is 23.2 Å². The fourth-order valence-corrected chi connectivity index (χ4v) is 3.42. The van der Waals surface area contributed by atoms with Crippen LogP contribution in [0.1, 0.15) is 25.7 Å². The first-order valence-corrected chi connectivity index (χ1v) is 7.30. The van der Waals surface area contributed by atoms with Crippen LogP contribution in [0.15, 0.2) is 12.1 Å². The summed E-state index contributed by atoms with van der Waals surface area (Å²) >= 11 is 11.7. The molecule has 5 nitrogen and oxygen atoms in total. The summed E-state index contributed by atoms with van der Waals surface area (Å²) in [4.78, 5) is 16.8. The second kappa shape index (κ2) is 5.30. The average Bonchev–Trinajstić information content (AvgIpc) is 2.66. The Morgan fingerprint density at radius 1 is 1.30 bits per heavy atom. The molecule has 7 heteroatoms. The molecule has 2 atom stereocenters. The van der Waals surface area contributed by atoms with Crippen molar-refractivity contribution in [1.82, 2.24) is 9.88 Å². The van der Waals surface area contributed by atoms with Crippen LogP contribution in [-0.2, 0) is 0 Å². The first kappa shape index (κ1) is 13.8. The lowest BCUT2D eigenvalue weighted by molar-refractivity contribution is 0.0477. The highest BCUT2D eigenvalue weighted by molar-refractivity contribution is 6.41. The van der Waals surface area contributed by atoms with Crippen LogP contribution in [0.3, 0.4) is 0 Å². The Labute approximate surface area is 126 Å². The Bertz CT molecular complexity index is 526. The summed E-state index contributed by atoms with van der Waals surface area (Å²) < 4.78 is 5.83. The zero-order chi connectivity index (χ0) is 14.3. The summed E-state index contributed by atoms with van der Waals surface area (Å²) in [5, 5.41) is 9.81. The SMILES string of the molecule is O=C(O)N1C2CCC1CC(Oc1ccc(Cl)c(Cl)n1)C2. The normalized spacial score (nSPS) is 28.5. The molecule has 1 N–H and O–H groups in total. The van der Waals surface area contributed by atoms with Gasteiger partial charge in [0, 0.05) is 31.0 Å². The van der Waals surface area contributed by atoms with Gasteiger partial charge in [0.2, 0.25) is 5.88 Å². The van der Waals surface area contributed by atoms with Crippen molar-refractivity contribution in [1.29, 1.82) is 0 Å². The average molecular weight is 317 g/mol. The molecule has 3 rings (SSSR count). The van der Waals surface area contributed by atoms with Gasteiger partial charge in [-0.2, -0.15) is 4.98 Å². The van der Waals surface area contributed by atoms with Gasteiger partial charge in [0.1, 0.15) is 6.10 Å². The molecule has 3 heterocycles. The number of piperidine rings is 1. The van der Waals surface area contributed by atoms with E-state index in [1.807, 2.05) is 0 Å². The quantitative estimate of drug-likeness (QED) is 0.849. The van der Waals surface area contributed by atoms with Gasteiger partial charge in [0.15, 0.2) is 5.15 Å².